The van der Waals surface area contributed by atoms with Gasteiger partial charge in [0.15, 0.2) is 0 Å². The first kappa shape index (κ1) is 18.5. The maximum atomic E-state index is 12.1. The number of carboxylic acid groups (broad SMARTS) is 1. The van der Waals surface area contributed by atoms with Crippen LogP contribution in [-0.4, -0.2) is 16.1 Å². The van der Waals surface area contributed by atoms with Gasteiger partial charge in [-0.25, -0.2) is 0 Å². The first-order chi connectivity index (χ1) is 13.5. The van der Waals surface area contributed by atoms with Crippen LogP contribution in [0, 0.1) is 6.92 Å². The minimum Gasteiger partial charge on any atom is -0.481 e. The molecule has 0 spiro atoms. The zero-order valence-corrected chi connectivity index (χ0v) is 16.5. The molecule has 4 rings (SSSR count). The van der Waals surface area contributed by atoms with E-state index in [0.29, 0.717) is 28.5 Å². The molecule has 0 bridgehead atoms. The van der Waals surface area contributed by atoms with E-state index in [1.54, 1.807) is 6.07 Å². The number of hydrogen-bond acceptors (Lipinski definition) is 3. The molecule has 0 aliphatic rings. The molecule has 1 unspecified atom stereocenters. The van der Waals surface area contributed by atoms with Gasteiger partial charge in [0.2, 0.25) is 0 Å². The van der Waals surface area contributed by atoms with E-state index >= 15 is 0 Å². The third kappa shape index (κ3) is 3.14. The molecule has 2 heterocycles. The van der Waals surface area contributed by atoms with Crippen molar-refractivity contribution in [3.63, 3.8) is 0 Å². The molecule has 142 valence electrons. The highest BCUT2D eigenvalue weighted by molar-refractivity contribution is 6.31. The van der Waals surface area contributed by atoms with Crippen LogP contribution in [0.1, 0.15) is 36.9 Å². The second-order valence-electron chi connectivity index (χ2n) is 6.98. The van der Waals surface area contributed by atoms with Gasteiger partial charge in [-0.15, -0.1) is 0 Å². The Morgan fingerprint density at radius 3 is 2.71 bits per heavy atom. The Bertz CT molecular complexity index is 1160. The van der Waals surface area contributed by atoms with E-state index in [2.05, 4.69) is 4.98 Å². The van der Waals surface area contributed by atoms with Crippen LogP contribution in [0.25, 0.3) is 33.2 Å². The number of fused-ring (bicyclic) bond motifs is 2. The fourth-order valence-electron chi connectivity index (χ4n) is 3.85. The number of rotatable bonds is 5. The summed E-state index contributed by atoms with van der Waals surface area (Å²) in [7, 11) is 0. The van der Waals surface area contributed by atoms with Gasteiger partial charge in [-0.1, -0.05) is 43.1 Å². The summed E-state index contributed by atoms with van der Waals surface area (Å²) in [6, 6.07) is 15.2. The van der Waals surface area contributed by atoms with Crippen LogP contribution in [-0.2, 0) is 4.79 Å². The molecule has 1 N–H and O–H groups in total. The third-order valence-electron chi connectivity index (χ3n) is 5.07. The Hall–Kier alpha value is -2.85. The highest BCUT2D eigenvalue weighted by Gasteiger charge is 2.28. The minimum absolute atomic E-state index is 0.525. The second kappa shape index (κ2) is 7.28. The van der Waals surface area contributed by atoms with E-state index in [-0.39, 0.29) is 0 Å². The van der Waals surface area contributed by atoms with Crippen LogP contribution in [0.3, 0.4) is 0 Å². The quantitative estimate of drug-likeness (QED) is 0.416. The number of nitrogens with zero attached hydrogens (tertiary/aromatic N) is 1. The lowest BCUT2D eigenvalue weighted by Crippen LogP contribution is -2.15. The number of benzene rings is 2. The Kier molecular flexibility index (Phi) is 4.82. The van der Waals surface area contributed by atoms with Gasteiger partial charge in [0, 0.05) is 27.1 Å². The Morgan fingerprint density at radius 1 is 1.21 bits per heavy atom. The molecule has 0 fully saturated rings. The zero-order chi connectivity index (χ0) is 19.8. The van der Waals surface area contributed by atoms with Gasteiger partial charge in [0.1, 0.15) is 11.3 Å². The number of furan rings is 1. The first-order valence-corrected chi connectivity index (χ1v) is 9.69. The molecular formula is C23H20ClNO3. The Balaban J connectivity index is 2.11. The van der Waals surface area contributed by atoms with E-state index in [4.69, 9.17) is 16.0 Å². The summed E-state index contributed by atoms with van der Waals surface area (Å²) in [6.45, 7) is 3.85. The molecule has 4 aromatic rings. The number of hydrogen-bond donors (Lipinski definition) is 1. The second-order valence-corrected chi connectivity index (χ2v) is 7.41. The largest absolute Gasteiger partial charge is 0.481 e. The lowest BCUT2D eigenvalue weighted by molar-refractivity contribution is -0.139. The van der Waals surface area contributed by atoms with Crippen LogP contribution in [0.15, 0.2) is 52.9 Å². The van der Waals surface area contributed by atoms with E-state index in [0.717, 1.165) is 33.9 Å². The van der Waals surface area contributed by atoms with E-state index in [9.17, 15) is 9.90 Å². The zero-order valence-electron chi connectivity index (χ0n) is 15.7. The summed E-state index contributed by atoms with van der Waals surface area (Å²) < 4.78 is 6.14. The van der Waals surface area contributed by atoms with Crippen molar-refractivity contribution in [3.05, 3.63) is 64.8 Å². The van der Waals surface area contributed by atoms with Crippen LogP contribution in [0.4, 0.5) is 0 Å². The minimum atomic E-state index is -0.856. The number of carboxylic acids is 1. The number of aromatic nitrogens is 1. The fourth-order valence-corrected chi connectivity index (χ4v) is 4.02. The molecule has 0 amide bonds. The summed E-state index contributed by atoms with van der Waals surface area (Å²) in [4.78, 5) is 16.8. The average molecular weight is 394 g/mol. The molecule has 0 aliphatic carbocycles. The molecule has 5 heteroatoms. The standard InChI is InChI=1S/C23H20ClNO3/c1-3-6-16(23(26)27)21-13(2)25-18-10-9-15(24)12-17(18)22(21)20-11-14-7-4-5-8-19(14)28-20/h4-5,7-12,16H,3,6H2,1-2H3,(H,26,27). The van der Waals surface area contributed by atoms with Gasteiger partial charge in [0.25, 0.3) is 0 Å². The van der Waals surface area contributed by atoms with Crippen LogP contribution in [0.2, 0.25) is 5.02 Å². The summed E-state index contributed by atoms with van der Waals surface area (Å²) in [5.74, 6) is -0.883. The van der Waals surface area contributed by atoms with Gasteiger partial charge < -0.3 is 9.52 Å². The molecule has 0 saturated heterocycles. The number of para-hydroxylation sites is 1. The molecule has 0 aliphatic heterocycles. The van der Waals surface area contributed by atoms with E-state index < -0.39 is 11.9 Å². The number of pyridine rings is 1. The number of aryl methyl sites for hydroxylation is 1. The summed E-state index contributed by atoms with van der Waals surface area (Å²) in [6.07, 6.45) is 1.28. The van der Waals surface area contributed by atoms with Crippen molar-refractivity contribution in [1.29, 1.82) is 0 Å². The van der Waals surface area contributed by atoms with Gasteiger partial charge in [-0.05, 0) is 49.2 Å². The monoisotopic (exact) mass is 393 g/mol. The summed E-state index contributed by atoms with van der Waals surface area (Å²) in [5, 5.41) is 12.3. The molecule has 2 aromatic heterocycles. The van der Waals surface area contributed by atoms with Gasteiger partial charge >= 0.3 is 5.97 Å². The van der Waals surface area contributed by atoms with Crippen molar-refractivity contribution in [2.75, 3.05) is 0 Å². The fraction of sp³-hybridized carbons (Fsp3) is 0.217. The SMILES string of the molecule is CCCC(C(=O)O)c1c(C)nc2ccc(Cl)cc2c1-c1cc2ccccc2o1. The summed E-state index contributed by atoms with van der Waals surface area (Å²) >= 11 is 6.28. The van der Waals surface area contributed by atoms with Gasteiger partial charge in [0.05, 0.1) is 11.4 Å². The predicted molar refractivity (Wildman–Crippen MR) is 112 cm³/mol. The highest BCUT2D eigenvalue weighted by atomic mass is 35.5. The van der Waals surface area contributed by atoms with E-state index in [1.165, 1.54) is 0 Å². The van der Waals surface area contributed by atoms with Crippen molar-refractivity contribution in [1.82, 2.24) is 4.98 Å². The van der Waals surface area contributed by atoms with Crippen LogP contribution in [0.5, 0.6) is 0 Å². The predicted octanol–water partition coefficient (Wildman–Crippen LogP) is 6.58. The summed E-state index contributed by atoms with van der Waals surface area (Å²) in [5.41, 5.74) is 3.69. The molecular weight excluding hydrogens is 374 g/mol. The van der Waals surface area contributed by atoms with Crippen molar-refractivity contribution in [2.24, 2.45) is 0 Å². The molecule has 0 saturated carbocycles. The normalized spacial score (nSPS) is 12.5. The van der Waals surface area contributed by atoms with Crippen LogP contribution >= 0.6 is 11.6 Å². The van der Waals surface area contributed by atoms with Crippen molar-refractivity contribution >= 4 is 39.4 Å². The molecule has 28 heavy (non-hydrogen) atoms. The molecule has 4 nitrogen and oxygen atoms in total. The molecule has 1 atom stereocenters. The van der Waals surface area contributed by atoms with Crippen LogP contribution < -0.4 is 0 Å². The van der Waals surface area contributed by atoms with Crippen molar-refractivity contribution < 1.29 is 14.3 Å². The Morgan fingerprint density at radius 2 is 2.00 bits per heavy atom. The molecule has 0 radical (unpaired) electrons. The smallest absolute Gasteiger partial charge is 0.311 e. The van der Waals surface area contributed by atoms with E-state index in [1.807, 2.05) is 56.3 Å². The maximum absolute atomic E-state index is 12.1. The highest BCUT2D eigenvalue weighted by Crippen LogP contribution is 2.41. The lowest BCUT2D eigenvalue weighted by Gasteiger charge is -2.19. The molecule has 2 aromatic carbocycles. The van der Waals surface area contributed by atoms with Crippen molar-refractivity contribution in [2.45, 2.75) is 32.6 Å². The number of aliphatic carboxylic acids is 1. The maximum Gasteiger partial charge on any atom is 0.311 e. The topological polar surface area (TPSA) is 63.3 Å². The van der Waals surface area contributed by atoms with Gasteiger partial charge in [-0.2, -0.15) is 0 Å². The number of halogens is 1. The van der Waals surface area contributed by atoms with Crippen molar-refractivity contribution in [3.8, 4) is 11.3 Å². The number of carbonyl (C=O) groups is 1. The lowest BCUT2D eigenvalue weighted by atomic mass is 9.86. The first-order valence-electron chi connectivity index (χ1n) is 9.31. The Labute approximate surface area is 167 Å². The third-order valence-corrected chi connectivity index (χ3v) is 5.31. The average Bonchev–Trinajstić information content (AvgIpc) is 3.09. The van der Waals surface area contributed by atoms with Gasteiger partial charge in [-0.3, -0.25) is 9.78 Å².